The second-order valence-corrected chi connectivity index (χ2v) is 5.65. The highest BCUT2D eigenvalue weighted by molar-refractivity contribution is 5.48. The van der Waals surface area contributed by atoms with Gasteiger partial charge in [0.15, 0.2) is 0 Å². The van der Waals surface area contributed by atoms with Gasteiger partial charge in [-0.25, -0.2) is 0 Å². The van der Waals surface area contributed by atoms with Crippen molar-refractivity contribution in [1.29, 1.82) is 0 Å². The molecule has 23 heavy (non-hydrogen) atoms. The summed E-state index contributed by atoms with van der Waals surface area (Å²) in [6, 6.07) is 16.2. The summed E-state index contributed by atoms with van der Waals surface area (Å²) in [6.45, 7) is 6.67. The van der Waals surface area contributed by atoms with Crippen molar-refractivity contribution in [3.05, 3.63) is 54.1 Å². The van der Waals surface area contributed by atoms with Crippen LogP contribution in [0.3, 0.4) is 0 Å². The predicted molar refractivity (Wildman–Crippen MR) is 95.4 cm³/mol. The highest BCUT2D eigenvalue weighted by Crippen LogP contribution is 2.16. The summed E-state index contributed by atoms with van der Waals surface area (Å²) in [5.74, 6) is 1.79. The van der Waals surface area contributed by atoms with Crippen molar-refractivity contribution in [3.8, 4) is 11.5 Å². The van der Waals surface area contributed by atoms with E-state index in [1.807, 2.05) is 50.2 Å². The van der Waals surface area contributed by atoms with E-state index in [-0.39, 0.29) is 6.10 Å². The fourth-order valence-corrected chi connectivity index (χ4v) is 2.22. The number of ether oxygens (including phenoxy) is 2. The third kappa shape index (κ3) is 6.20. The van der Waals surface area contributed by atoms with Gasteiger partial charge in [0.25, 0.3) is 0 Å². The molecule has 0 aliphatic rings. The van der Waals surface area contributed by atoms with Crippen LogP contribution in [-0.4, -0.2) is 26.3 Å². The zero-order chi connectivity index (χ0) is 16.5. The predicted octanol–water partition coefficient (Wildman–Crippen LogP) is 3.68. The summed E-state index contributed by atoms with van der Waals surface area (Å²) >= 11 is 0. The van der Waals surface area contributed by atoms with Crippen molar-refractivity contribution < 1.29 is 9.47 Å². The van der Waals surface area contributed by atoms with Gasteiger partial charge in [-0.15, -0.1) is 0 Å². The summed E-state index contributed by atoms with van der Waals surface area (Å²) in [5, 5.41) is 6.80. The van der Waals surface area contributed by atoms with Gasteiger partial charge in [-0.3, -0.25) is 0 Å². The van der Waals surface area contributed by atoms with E-state index in [4.69, 9.17) is 9.47 Å². The molecule has 0 amide bonds. The van der Waals surface area contributed by atoms with Crippen LogP contribution in [0.2, 0.25) is 0 Å². The summed E-state index contributed by atoms with van der Waals surface area (Å²) in [5.41, 5.74) is 2.32. The number of hydrogen-bond acceptors (Lipinski definition) is 4. The molecule has 2 rings (SSSR count). The summed E-state index contributed by atoms with van der Waals surface area (Å²) < 4.78 is 10.8. The van der Waals surface area contributed by atoms with E-state index in [2.05, 4.69) is 22.8 Å². The van der Waals surface area contributed by atoms with Gasteiger partial charge in [0, 0.05) is 31.4 Å². The van der Waals surface area contributed by atoms with Gasteiger partial charge >= 0.3 is 0 Å². The number of rotatable bonds is 9. The highest BCUT2D eigenvalue weighted by atomic mass is 16.5. The maximum atomic E-state index is 5.64. The Balaban J connectivity index is 1.67. The lowest BCUT2D eigenvalue weighted by Crippen LogP contribution is -2.21. The molecule has 0 atom stereocenters. The van der Waals surface area contributed by atoms with E-state index in [1.54, 1.807) is 7.11 Å². The van der Waals surface area contributed by atoms with Crippen LogP contribution in [-0.2, 0) is 6.54 Å². The maximum Gasteiger partial charge on any atom is 0.120 e. The average molecular weight is 314 g/mol. The molecule has 0 unspecified atom stereocenters. The van der Waals surface area contributed by atoms with E-state index in [0.29, 0.717) is 0 Å². The third-order valence-electron chi connectivity index (χ3n) is 3.32. The SMILES string of the molecule is COc1cccc(NCCNCc2ccc(OC(C)C)cc2)c1. The maximum absolute atomic E-state index is 5.64. The summed E-state index contributed by atoms with van der Waals surface area (Å²) in [7, 11) is 1.68. The first kappa shape index (κ1) is 17.2. The molecule has 4 nitrogen and oxygen atoms in total. The van der Waals surface area contributed by atoms with E-state index < -0.39 is 0 Å². The quantitative estimate of drug-likeness (QED) is 0.693. The van der Waals surface area contributed by atoms with Gasteiger partial charge in [-0.1, -0.05) is 18.2 Å². The van der Waals surface area contributed by atoms with E-state index in [1.165, 1.54) is 5.56 Å². The molecule has 0 aliphatic carbocycles. The monoisotopic (exact) mass is 314 g/mol. The van der Waals surface area contributed by atoms with Crippen molar-refractivity contribution in [2.45, 2.75) is 26.5 Å². The van der Waals surface area contributed by atoms with Gasteiger partial charge < -0.3 is 20.1 Å². The smallest absolute Gasteiger partial charge is 0.120 e. The van der Waals surface area contributed by atoms with Gasteiger partial charge in [0.1, 0.15) is 11.5 Å². The lowest BCUT2D eigenvalue weighted by molar-refractivity contribution is 0.242. The topological polar surface area (TPSA) is 42.5 Å². The van der Waals surface area contributed by atoms with Crippen molar-refractivity contribution >= 4 is 5.69 Å². The Morgan fingerprint density at radius 3 is 2.43 bits per heavy atom. The molecule has 0 spiro atoms. The standard InChI is InChI=1S/C19H26N2O2/c1-15(2)23-18-9-7-16(8-10-18)14-20-11-12-21-17-5-4-6-19(13-17)22-3/h4-10,13,15,20-21H,11-12,14H2,1-3H3. The minimum Gasteiger partial charge on any atom is -0.497 e. The summed E-state index contributed by atoms with van der Waals surface area (Å²) in [6.07, 6.45) is 0.210. The first-order chi connectivity index (χ1) is 11.2. The lowest BCUT2D eigenvalue weighted by Gasteiger charge is -2.11. The van der Waals surface area contributed by atoms with Crippen molar-refractivity contribution in [2.24, 2.45) is 0 Å². The molecule has 0 radical (unpaired) electrons. The van der Waals surface area contributed by atoms with Crippen LogP contribution in [0.1, 0.15) is 19.4 Å². The Kier molecular flexibility index (Phi) is 6.76. The van der Waals surface area contributed by atoms with Gasteiger partial charge in [0.05, 0.1) is 13.2 Å². The largest absolute Gasteiger partial charge is 0.497 e. The molecule has 0 bridgehead atoms. The molecule has 124 valence electrons. The lowest BCUT2D eigenvalue weighted by atomic mass is 10.2. The fourth-order valence-electron chi connectivity index (χ4n) is 2.22. The molecule has 0 saturated carbocycles. The number of hydrogen-bond donors (Lipinski definition) is 2. The molecule has 0 aromatic heterocycles. The van der Waals surface area contributed by atoms with Crippen molar-refractivity contribution in [2.75, 3.05) is 25.5 Å². The number of anilines is 1. The van der Waals surface area contributed by atoms with Gasteiger partial charge in [-0.2, -0.15) is 0 Å². The Hall–Kier alpha value is -2.20. The molecular weight excluding hydrogens is 288 g/mol. The van der Waals surface area contributed by atoms with E-state index in [9.17, 15) is 0 Å². The van der Waals surface area contributed by atoms with E-state index >= 15 is 0 Å². The molecule has 2 aromatic rings. The van der Waals surface area contributed by atoms with Crippen LogP contribution in [0.25, 0.3) is 0 Å². The Morgan fingerprint density at radius 1 is 0.957 bits per heavy atom. The second kappa shape index (κ2) is 9.06. The number of nitrogens with one attached hydrogen (secondary N) is 2. The molecule has 0 fully saturated rings. The Morgan fingerprint density at radius 2 is 1.74 bits per heavy atom. The highest BCUT2D eigenvalue weighted by Gasteiger charge is 1.98. The van der Waals surface area contributed by atoms with E-state index in [0.717, 1.165) is 36.8 Å². The summed E-state index contributed by atoms with van der Waals surface area (Å²) in [4.78, 5) is 0. The second-order valence-electron chi connectivity index (χ2n) is 5.65. The third-order valence-corrected chi connectivity index (χ3v) is 3.32. The minimum atomic E-state index is 0.210. The zero-order valence-corrected chi connectivity index (χ0v) is 14.1. The number of methoxy groups -OCH3 is 1. The van der Waals surface area contributed by atoms with Crippen LogP contribution >= 0.6 is 0 Å². The van der Waals surface area contributed by atoms with Crippen LogP contribution < -0.4 is 20.1 Å². The van der Waals surface area contributed by atoms with Crippen LogP contribution in [0, 0.1) is 0 Å². The molecule has 0 aliphatic heterocycles. The Labute approximate surface area is 138 Å². The van der Waals surface area contributed by atoms with Crippen LogP contribution in [0.15, 0.2) is 48.5 Å². The zero-order valence-electron chi connectivity index (χ0n) is 14.1. The molecule has 2 aromatic carbocycles. The van der Waals surface area contributed by atoms with Crippen molar-refractivity contribution in [1.82, 2.24) is 5.32 Å². The molecular formula is C19H26N2O2. The fraction of sp³-hybridized carbons (Fsp3) is 0.368. The number of benzene rings is 2. The molecule has 0 saturated heterocycles. The molecule has 2 N–H and O–H groups in total. The molecule has 4 heteroatoms. The Bertz CT molecular complexity index is 582. The first-order valence-electron chi connectivity index (χ1n) is 8.01. The molecule has 0 heterocycles. The average Bonchev–Trinajstić information content (AvgIpc) is 2.56. The van der Waals surface area contributed by atoms with Crippen molar-refractivity contribution in [3.63, 3.8) is 0 Å². The normalized spacial score (nSPS) is 10.6. The van der Waals surface area contributed by atoms with Gasteiger partial charge in [0.2, 0.25) is 0 Å². The van der Waals surface area contributed by atoms with Gasteiger partial charge in [-0.05, 0) is 43.7 Å². The van der Waals surface area contributed by atoms with Crippen LogP contribution in [0.4, 0.5) is 5.69 Å². The minimum absolute atomic E-state index is 0.210. The first-order valence-corrected chi connectivity index (χ1v) is 8.01. The van der Waals surface area contributed by atoms with Crippen LogP contribution in [0.5, 0.6) is 11.5 Å².